The molecule has 0 atom stereocenters. The second-order valence-electron chi connectivity index (χ2n) is 9.54. The first kappa shape index (κ1) is 27.7. The molecule has 188 valence electrons. The minimum absolute atomic E-state index is 0.276. The zero-order valence-corrected chi connectivity index (χ0v) is 23.2. The van der Waals surface area contributed by atoms with E-state index in [1.54, 1.807) is 0 Å². The lowest BCUT2D eigenvalue weighted by molar-refractivity contribution is 0.256. The van der Waals surface area contributed by atoms with E-state index >= 15 is 0 Å². The van der Waals surface area contributed by atoms with Crippen molar-refractivity contribution < 1.29 is 4.74 Å². The zero-order valence-electron chi connectivity index (χ0n) is 21.6. The van der Waals surface area contributed by atoms with Crippen LogP contribution in [0.25, 0.3) is 0 Å². The number of thiocarbonyl (C=S) groups is 1. The first-order valence-electron chi connectivity index (χ1n) is 13.6. The molecular formula is C32H42OS2. The van der Waals surface area contributed by atoms with Gasteiger partial charge in [0.2, 0.25) is 0 Å². The Morgan fingerprint density at radius 1 is 0.800 bits per heavy atom. The maximum absolute atomic E-state index is 6.55. The maximum atomic E-state index is 6.55. The van der Waals surface area contributed by atoms with E-state index in [1.165, 1.54) is 68.9 Å². The van der Waals surface area contributed by atoms with Crippen molar-refractivity contribution in [3.8, 4) is 0 Å². The van der Waals surface area contributed by atoms with Gasteiger partial charge in [-0.25, -0.2) is 0 Å². The Bertz CT molecular complexity index is 916. The summed E-state index contributed by atoms with van der Waals surface area (Å²) in [5.41, 5.74) is 3.67. The van der Waals surface area contributed by atoms with E-state index in [0.29, 0.717) is 5.05 Å². The highest BCUT2D eigenvalue weighted by molar-refractivity contribution is 8.00. The van der Waals surface area contributed by atoms with Gasteiger partial charge in [-0.2, -0.15) is 0 Å². The van der Waals surface area contributed by atoms with Crippen LogP contribution < -0.4 is 0 Å². The van der Waals surface area contributed by atoms with Crippen LogP contribution in [0.2, 0.25) is 0 Å². The summed E-state index contributed by atoms with van der Waals surface area (Å²) in [5, 5.41) is 0.577. The Morgan fingerprint density at radius 2 is 1.43 bits per heavy atom. The molecule has 0 N–H and O–H groups in total. The zero-order chi connectivity index (χ0) is 24.8. The number of ether oxygens (including phenoxy) is 1. The minimum Gasteiger partial charge on any atom is -0.458 e. The fraction of sp³-hybridized carbons (Fsp3) is 0.469. The highest BCUT2D eigenvalue weighted by Gasteiger charge is 2.31. The molecule has 0 heterocycles. The smallest absolute Gasteiger partial charge is 0.193 e. The van der Waals surface area contributed by atoms with Crippen molar-refractivity contribution in [2.45, 2.75) is 88.9 Å². The lowest BCUT2D eigenvalue weighted by Crippen LogP contribution is -2.29. The van der Waals surface area contributed by atoms with E-state index in [1.807, 2.05) is 11.8 Å². The Morgan fingerprint density at radius 3 is 2.11 bits per heavy atom. The van der Waals surface area contributed by atoms with E-state index < -0.39 is 4.93 Å². The molecule has 35 heavy (non-hydrogen) atoms. The summed E-state index contributed by atoms with van der Waals surface area (Å²) in [6, 6.07) is 19.3. The molecule has 1 aliphatic rings. The van der Waals surface area contributed by atoms with Gasteiger partial charge < -0.3 is 4.74 Å². The van der Waals surface area contributed by atoms with Gasteiger partial charge in [-0.3, -0.25) is 0 Å². The SMILES string of the molecule is CCCCCCCCSC1(OC(=S)c2ccc(CCCCC)cc2)C=CC(c2ccccc2)C=C1. The summed E-state index contributed by atoms with van der Waals surface area (Å²) in [6.45, 7) is 4.51. The summed E-state index contributed by atoms with van der Waals surface area (Å²) < 4.78 is 6.55. The third kappa shape index (κ3) is 9.28. The Balaban J connectivity index is 1.64. The van der Waals surface area contributed by atoms with Crippen LogP contribution in [0.3, 0.4) is 0 Å². The molecule has 3 heteroatoms. The fourth-order valence-electron chi connectivity index (χ4n) is 4.39. The minimum atomic E-state index is -0.536. The van der Waals surface area contributed by atoms with Gasteiger partial charge in [0.05, 0.1) is 0 Å². The summed E-state index contributed by atoms with van der Waals surface area (Å²) in [7, 11) is 0. The van der Waals surface area contributed by atoms with Crippen molar-refractivity contribution in [3.05, 3.63) is 95.6 Å². The summed E-state index contributed by atoms with van der Waals surface area (Å²) in [5.74, 6) is 1.34. The average Bonchev–Trinajstić information content (AvgIpc) is 2.90. The van der Waals surface area contributed by atoms with Gasteiger partial charge in [-0.15, -0.1) is 11.8 Å². The van der Waals surface area contributed by atoms with Gasteiger partial charge in [0.15, 0.2) is 9.98 Å². The van der Waals surface area contributed by atoms with E-state index in [4.69, 9.17) is 17.0 Å². The molecule has 0 saturated heterocycles. The molecular weight excluding hydrogens is 464 g/mol. The highest BCUT2D eigenvalue weighted by atomic mass is 32.2. The van der Waals surface area contributed by atoms with Crippen molar-refractivity contribution in [2.24, 2.45) is 0 Å². The molecule has 0 radical (unpaired) electrons. The molecule has 1 nitrogen and oxygen atoms in total. The standard InChI is InChI=1S/C32H42OS2/c1-3-5-7-8-9-14-26-35-32(24-22-29(23-25-32)28-16-12-10-13-17-28)33-31(34)30-20-18-27(19-21-30)15-11-6-4-2/h10,12-13,16-25,29H,3-9,11,14-15,26H2,1-2H3. The quantitative estimate of drug-likeness (QED) is 0.103. The number of hydrogen-bond donors (Lipinski definition) is 0. The normalized spacial score (nSPS) is 19.1. The number of aryl methyl sites for hydroxylation is 1. The van der Waals surface area contributed by atoms with Gasteiger partial charge in [0, 0.05) is 11.5 Å². The number of allylic oxidation sites excluding steroid dienone is 2. The van der Waals surface area contributed by atoms with Crippen molar-refractivity contribution >= 4 is 29.0 Å². The molecule has 0 saturated carbocycles. The number of hydrogen-bond acceptors (Lipinski definition) is 3. The van der Waals surface area contributed by atoms with E-state index in [-0.39, 0.29) is 5.92 Å². The summed E-state index contributed by atoms with van der Waals surface area (Å²) in [4.78, 5) is -0.536. The Labute approximate surface area is 223 Å². The van der Waals surface area contributed by atoms with Gasteiger partial charge in [0.1, 0.15) is 0 Å². The first-order valence-corrected chi connectivity index (χ1v) is 14.9. The molecule has 1 aliphatic carbocycles. The lowest BCUT2D eigenvalue weighted by atomic mass is 9.94. The Hall–Kier alpha value is -1.84. The van der Waals surface area contributed by atoms with E-state index in [0.717, 1.165) is 17.7 Å². The molecule has 2 aromatic rings. The van der Waals surface area contributed by atoms with Crippen LogP contribution in [0.4, 0.5) is 0 Å². The average molecular weight is 507 g/mol. The van der Waals surface area contributed by atoms with Gasteiger partial charge in [-0.1, -0.05) is 126 Å². The number of rotatable bonds is 15. The lowest BCUT2D eigenvalue weighted by Gasteiger charge is -2.31. The van der Waals surface area contributed by atoms with Crippen molar-refractivity contribution in [1.29, 1.82) is 0 Å². The molecule has 0 unspecified atom stereocenters. The largest absolute Gasteiger partial charge is 0.458 e. The van der Waals surface area contributed by atoms with Crippen molar-refractivity contribution in [3.63, 3.8) is 0 Å². The number of thioether (sulfide) groups is 1. The monoisotopic (exact) mass is 506 g/mol. The predicted octanol–water partition coefficient (Wildman–Crippen LogP) is 9.81. The van der Waals surface area contributed by atoms with Gasteiger partial charge in [0.25, 0.3) is 0 Å². The number of unbranched alkanes of at least 4 members (excludes halogenated alkanes) is 7. The van der Waals surface area contributed by atoms with Gasteiger partial charge >= 0.3 is 0 Å². The predicted molar refractivity (Wildman–Crippen MR) is 158 cm³/mol. The molecule has 3 rings (SSSR count). The maximum Gasteiger partial charge on any atom is 0.193 e. The van der Waals surface area contributed by atoms with Crippen LogP contribution in [0.5, 0.6) is 0 Å². The van der Waals surface area contributed by atoms with E-state index in [9.17, 15) is 0 Å². The van der Waals surface area contributed by atoms with Crippen molar-refractivity contribution in [1.82, 2.24) is 0 Å². The third-order valence-electron chi connectivity index (χ3n) is 6.59. The molecule has 0 fully saturated rings. The first-order chi connectivity index (χ1) is 17.2. The van der Waals surface area contributed by atoms with Gasteiger partial charge in [-0.05, 0) is 60.5 Å². The van der Waals surface area contributed by atoms with Crippen LogP contribution >= 0.6 is 24.0 Å². The summed E-state index contributed by atoms with van der Waals surface area (Å²) >= 11 is 7.65. The number of benzene rings is 2. The van der Waals surface area contributed by atoms with Crippen molar-refractivity contribution in [2.75, 3.05) is 5.75 Å². The fourth-order valence-corrected chi connectivity index (χ4v) is 5.88. The second kappa shape index (κ2) is 15.3. The third-order valence-corrected chi connectivity index (χ3v) is 8.21. The highest BCUT2D eigenvalue weighted by Crippen LogP contribution is 2.38. The molecule has 0 amide bonds. The summed E-state index contributed by atoms with van der Waals surface area (Å²) in [6.07, 6.45) is 21.7. The molecule has 0 aromatic heterocycles. The Kier molecular flexibility index (Phi) is 12.1. The van der Waals surface area contributed by atoms with E-state index in [2.05, 4.69) is 92.7 Å². The molecule has 0 bridgehead atoms. The molecule has 0 aliphatic heterocycles. The van der Waals surface area contributed by atoms with Crippen LogP contribution in [-0.4, -0.2) is 15.7 Å². The van der Waals surface area contributed by atoms with Crippen LogP contribution in [-0.2, 0) is 11.2 Å². The molecule has 2 aromatic carbocycles. The van der Waals surface area contributed by atoms with Crippen LogP contribution in [0.1, 0.15) is 94.2 Å². The topological polar surface area (TPSA) is 9.23 Å². The second-order valence-corrected chi connectivity index (χ2v) is 11.2. The van der Waals surface area contributed by atoms with Crippen LogP contribution in [0.15, 0.2) is 78.9 Å². The van der Waals surface area contributed by atoms with Crippen LogP contribution in [0, 0.1) is 0 Å². The molecule has 0 spiro atoms.